The number of likely N-dealkylation sites (tertiary alicyclic amines) is 1. The van der Waals surface area contributed by atoms with Gasteiger partial charge in [-0.25, -0.2) is 0 Å². The van der Waals surface area contributed by atoms with Gasteiger partial charge in [-0.2, -0.15) is 0 Å². The topological polar surface area (TPSA) is 75.4 Å². The van der Waals surface area contributed by atoms with Crippen molar-refractivity contribution in [2.75, 3.05) is 12.3 Å². The molecule has 0 spiro atoms. The number of nitrogens with zero attached hydrogens (tertiary/aromatic N) is 1. The number of carbonyl (C=O) groups is 2. The highest BCUT2D eigenvalue weighted by Gasteiger charge is 2.37. The summed E-state index contributed by atoms with van der Waals surface area (Å²) < 4.78 is 0. The summed E-state index contributed by atoms with van der Waals surface area (Å²) in [5.41, 5.74) is 7.84. The lowest BCUT2D eigenvalue weighted by atomic mass is 10.1. The Labute approximate surface area is 124 Å². The summed E-state index contributed by atoms with van der Waals surface area (Å²) in [4.78, 5) is 26.7. The minimum absolute atomic E-state index is 0.00935. The number of carbonyl (C=O) groups excluding carboxylic acids is 2. The van der Waals surface area contributed by atoms with Crippen LogP contribution in [-0.4, -0.2) is 35.3 Å². The van der Waals surface area contributed by atoms with Gasteiger partial charge in [0.1, 0.15) is 6.04 Å². The molecule has 1 saturated carbocycles. The Morgan fingerprint density at radius 2 is 2.05 bits per heavy atom. The van der Waals surface area contributed by atoms with Crippen molar-refractivity contribution in [3.63, 3.8) is 0 Å². The van der Waals surface area contributed by atoms with E-state index in [1.54, 1.807) is 17.0 Å². The summed E-state index contributed by atoms with van der Waals surface area (Å²) >= 11 is 0. The number of hydrogen-bond acceptors (Lipinski definition) is 3. The molecule has 5 nitrogen and oxygen atoms in total. The summed E-state index contributed by atoms with van der Waals surface area (Å²) in [6, 6.07) is 5.32. The summed E-state index contributed by atoms with van der Waals surface area (Å²) in [6.45, 7) is 2.53. The summed E-state index contributed by atoms with van der Waals surface area (Å²) in [5.74, 6) is -0.0989. The maximum atomic E-state index is 12.7. The molecule has 1 aromatic rings. The number of rotatable bonds is 3. The van der Waals surface area contributed by atoms with Crippen molar-refractivity contribution in [2.45, 2.75) is 44.7 Å². The molecule has 1 aromatic carbocycles. The molecule has 1 heterocycles. The van der Waals surface area contributed by atoms with Crippen LogP contribution in [0.1, 0.15) is 41.6 Å². The molecule has 0 aromatic heterocycles. The van der Waals surface area contributed by atoms with Crippen molar-refractivity contribution >= 4 is 17.5 Å². The molecule has 1 aliphatic heterocycles. The molecular weight excluding hydrogens is 266 g/mol. The first kappa shape index (κ1) is 13.9. The average Bonchev–Trinajstić information content (AvgIpc) is 3.13. The van der Waals surface area contributed by atoms with Gasteiger partial charge in [0.15, 0.2) is 0 Å². The van der Waals surface area contributed by atoms with E-state index in [1.165, 1.54) is 0 Å². The standard InChI is InChI=1S/C16H21N3O2/c1-10-4-5-11(17)9-13(10)16(21)19-8-2-3-14(19)15(20)18-12-6-7-12/h4-5,9,12,14H,2-3,6-8,17H2,1H3,(H,18,20). The van der Waals surface area contributed by atoms with Crippen LogP contribution in [0.5, 0.6) is 0 Å². The van der Waals surface area contributed by atoms with E-state index in [0.29, 0.717) is 23.8 Å². The maximum Gasteiger partial charge on any atom is 0.254 e. The van der Waals surface area contributed by atoms with Crippen molar-refractivity contribution in [2.24, 2.45) is 0 Å². The quantitative estimate of drug-likeness (QED) is 0.826. The molecular formula is C16H21N3O2. The second kappa shape index (κ2) is 5.39. The third-order valence-electron chi connectivity index (χ3n) is 4.23. The molecule has 112 valence electrons. The molecule has 1 saturated heterocycles. The molecule has 1 aliphatic carbocycles. The van der Waals surface area contributed by atoms with E-state index < -0.39 is 0 Å². The molecule has 21 heavy (non-hydrogen) atoms. The number of amides is 2. The number of anilines is 1. The molecule has 0 radical (unpaired) electrons. The number of benzene rings is 1. The van der Waals surface area contributed by atoms with Gasteiger partial charge in [0.25, 0.3) is 5.91 Å². The van der Waals surface area contributed by atoms with Crippen LogP contribution in [-0.2, 0) is 4.79 Å². The first-order valence-electron chi connectivity index (χ1n) is 7.54. The van der Waals surface area contributed by atoms with Crippen molar-refractivity contribution in [3.05, 3.63) is 29.3 Å². The monoisotopic (exact) mass is 287 g/mol. The van der Waals surface area contributed by atoms with Crippen LogP contribution in [0.25, 0.3) is 0 Å². The number of nitrogens with two attached hydrogens (primary N) is 1. The van der Waals surface area contributed by atoms with E-state index in [-0.39, 0.29) is 17.9 Å². The fraction of sp³-hybridized carbons (Fsp3) is 0.500. The van der Waals surface area contributed by atoms with Gasteiger partial charge in [0, 0.05) is 23.8 Å². The van der Waals surface area contributed by atoms with Gasteiger partial charge < -0.3 is 16.0 Å². The molecule has 2 fully saturated rings. The molecule has 1 unspecified atom stereocenters. The minimum Gasteiger partial charge on any atom is -0.399 e. The van der Waals surface area contributed by atoms with Gasteiger partial charge in [-0.3, -0.25) is 9.59 Å². The Kier molecular flexibility index (Phi) is 3.57. The summed E-state index contributed by atoms with van der Waals surface area (Å²) in [7, 11) is 0. The third kappa shape index (κ3) is 2.86. The van der Waals surface area contributed by atoms with Gasteiger partial charge in [0.05, 0.1) is 0 Å². The zero-order valence-electron chi connectivity index (χ0n) is 12.3. The molecule has 3 rings (SSSR count). The van der Waals surface area contributed by atoms with Gasteiger partial charge in [-0.15, -0.1) is 0 Å². The summed E-state index contributed by atoms with van der Waals surface area (Å²) in [5, 5.41) is 3.00. The Morgan fingerprint density at radius 1 is 1.29 bits per heavy atom. The fourth-order valence-electron chi connectivity index (χ4n) is 2.83. The Balaban J connectivity index is 1.78. The lowest BCUT2D eigenvalue weighted by molar-refractivity contribution is -0.125. The predicted octanol–water partition coefficient (Wildman–Crippen LogP) is 1.46. The van der Waals surface area contributed by atoms with Gasteiger partial charge in [-0.1, -0.05) is 6.07 Å². The van der Waals surface area contributed by atoms with Crippen molar-refractivity contribution in [1.29, 1.82) is 0 Å². The lowest BCUT2D eigenvalue weighted by Crippen LogP contribution is -2.46. The van der Waals surface area contributed by atoms with E-state index in [2.05, 4.69) is 5.32 Å². The molecule has 5 heteroatoms. The van der Waals surface area contributed by atoms with Gasteiger partial charge in [0.2, 0.25) is 5.91 Å². The Bertz CT molecular complexity index is 581. The average molecular weight is 287 g/mol. The fourth-order valence-corrected chi connectivity index (χ4v) is 2.83. The normalized spacial score (nSPS) is 21.4. The lowest BCUT2D eigenvalue weighted by Gasteiger charge is -2.24. The Morgan fingerprint density at radius 3 is 2.76 bits per heavy atom. The van der Waals surface area contributed by atoms with E-state index >= 15 is 0 Å². The maximum absolute atomic E-state index is 12.7. The highest BCUT2D eigenvalue weighted by Crippen LogP contribution is 2.25. The van der Waals surface area contributed by atoms with Crippen LogP contribution in [0.3, 0.4) is 0 Å². The van der Waals surface area contributed by atoms with Crippen LogP contribution >= 0.6 is 0 Å². The second-order valence-corrected chi connectivity index (χ2v) is 6.01. The van der Waals surface area contributed by atoms with Gasteiger partial charge in [-0.05, 0) is 50.3 Å². The molecule has 3 N–H and O–H groups in total. The highest BCUT2D eigenvalue weighted by molar-refractivity contribution is 5.99. The van der Waals surface area contributed by atoms with Crippen molar-refractivity contribution in [3.8, 4) is 0 Å². The minimum atomic E-state index is -0.334. The number of hydrogen-bond donors (Lipinski definition) is 2. The van der Waals surface area contributed by atoms with Crippen LogP contribution in [0.15, 0.2) is 18.2 Å². The zero-order chi connectivity index (χ0) is 15.0. The number of nitrogen functional groups attached to an aromatic ring is 1. The molecule has 2 amide bonds. The first-order valence-corrected chi connectivity index (χ1v) is 7.54. The predicted molar refractivity (Wildman–Crippen MR) is 80.8 cm³/mol. The SMILES string of the molecule is Cc1ccc(N)cc1C(=O)N1CCCC1C(=O)NC1CC1. The van der Waals surface area contributed by atoms with Gasteiger partial charge >= 0.3 is 0 Å². The van der Waals surface area contributed by atoms with Crippen LogP contribution in [0.2, 0.25) is 0 Å². The highest BCUT2D eigenvalue weighted by atomic mass is 16.2. The van der Waals surface area contributed by atoms with E-state index in [9.17, 15) is 9.59 Å². The first-order chi connectivity index (χ1) is 10.1. The number of nitrogens with one attached hydrogen (secondary N) is 1. The largest absolute Gasteiger partial charge is 0.399 e. The summed E-state index contributed by atoms with van der Waals surface area (Å²) in [6.07, 6.45) is 3.73. The van der Waals surface area contributed by atoms with Crippen LogP contribution in [0, 0.1) is 6.92 Å². The van der Waals surface area contributed by atoms with E-state index in [4.69, 9.17) is 5.73 Å². The molecule has 1 atom stereocenters. The van der Waals surface area contributed by atoms with E-state index in [1.807, 2.05) is 13.0 Å². The third-order valence-corrected chi connectivity index (χ3v) is 4.23. The molecule has 0 bridgehead atoms. The van der Waals surface area contributed by atoms with Crippen molar-refractivity contribution < 1.29 is 9.59 Å². The Hall–Kier alpha value is -2.04. The molecule has 2 aliphatic rings. The second-order valence-electron chi connectivity index (χ2n) is 6.01. The van der Waals surface area contributed by atoms with E-state index in [0.717, 1.165) is 31.2 Å². The number of aryl methyl sites for hydroxylation is 1. The smallest absolute Gasteiger partial charge is 0.254 e. The van der Waals surface area contributed by atoms with Crippen LogP contribution < -0.4 is 11.1 Å². The van der Waals surface area contributed by atoms with Crippen molar-refractivity contribution in [1.82, 2.24) is 10.2 Å². The van der Waals surface area contributed by atoms with Crippen LogP contribution in [0.4, 0.5) is 5.69 Å². The zero-order valence-corrected chi connectivity index (χ0v) is 12.3.